The molecular formula is C21H30N4O2S. The average molecular weight is 403 g/mol. The molecule has 2 aromatic rings. The predicted molar refractivity (Wildman–Crippen MR) is 116 cm³/mol. The lowest BCUT2D eigenvalue weighted by Gasteiger charge is -2.15. The van der Waals surface area contributed by atoms with Gasteiger partial charge in [0.2, 0.25) is 10.0 Å². The SMILES string of the molecule is CN=C(NCc1ccc(C)cc1)NCc1ccccc1CS(=O)(=O)NC(C)C. The summed E-state index contributed by atoms with van der Waals surface area (Å²) in [6.45, 7) is 6.84. The first kappa shape index (κ1) is 21.9. The second-order valence-electron chi connectivity index (χ2n) is 7.07. The van der Waals surface area contributed by atoms with Crippen molar-refractivity contribution >= 4 is 16.0 Å². The Labute approximate surface area is 168 Å². The van der Waals surface area contributed by atoms with Gasteiger partial charge in [-0.2, -0.15) is 0 Å². The molecule has 0 spiro atoms. The van der Waals surface area contributed by atoms with Gasteiger partial charge in [0.15, 0.2) is 5.96 Å². The number of rotatable bonds is 8. The summed E-state index contributed by atoms with van der Waals surface area (Å²) in [5.41, 5.74) is 4.09. The van der Waals surface area contributed by atoms with Gasteiger partial charge < -0.3 is 10.6 Å². The van der Waals surface area contributed by atoms with Crippen LogP contribution in [-0.2, 0) is 28.9 Å². The quantitative estimate of drug-likeness (QED) is 0.468. The van der Waals surface area contributed by atoms with E-state index < -0.39 is 10.0 Å². The molecule has 7 heteroatoms. The number of hydrogen-bond donors (Lipinski definition) is 3. The van der Waals surface area contributed by atoms with Crippen LogP contribution in [0.1, 0.15) is 36.1 Å². The van der Waals surface area contributed by atoms with Crippen LogP contribution in [0.4, 0.5) is 0 Å². The summed E-state index contributed by atoms with van der Waals surface area (Å²) in [5, 5.41) is 6.54. The van der Waals surface area contributed by atoms with Gasteiger partial charge in [-0.05, 0) is 37.5 Å². The van der Waals surface area contributed by atoms with Gasteiger partial charge in [0, 0.05) is 26.2 Å². The van der Waals surface area contributed by atoms with Crippen LogP contribution in [-0.4, -0.2) is 27.5 Å². The maximum Gasteiger partial charge on any atom is 0.216 e. The molecule has 0 aliphatic carbocycles. The highest BCUT2D eigenvalue weighted by molar-refractivity contribution is 7.88. The van der Waals surface area contributed by atoms with E-state index in [1.165, 1.54) is 11.1 Å². The zero-order valence-electron chi connectivity index (χ0n) is 17.0. The van der Waals surface area contributed by atoms with E-state index >= 15 is 0 Å². The molecule has 0 saturated carbocycles. The van der Waals surface area contributed by atoms with Crippen LogP contribution >= 0.6 is 0 Å². The zero-order valence-corrected chi connectivity index (χ0v) is 17.8. The molecule has 28 heavy (non-hydrogen) atoms. The smallest absolute Gasteiger partial charge is 0.216 e. The molecule has 3 N–H and O–H groups in total. The van der Waals surface area contributed by atoms with Crippen molar-refractivity contribution in [1.82, 2.24) is 15.4 Å². The van der Waals surface area contributed by atoms with Gasteiger partial charge in [-0.3, -0.25) is 4.99 Å². The van der Waals surface area contributed by atoms with Crippen LogP contribution in [0.2, 0.25) is 0 Å². The summed E-state index contributed by atoms with van der Waals surface area (Å²) in [7, 11) is -1.66. The Bertz CT molecular complexity index is 891. The number of nitrogens with zero attached hydrogens (tertiary/aromatic N) is 1. The van der Waals surface area contributed by atoms with E-state index in [1.807, 2.05) is 38.1 Å². The molecule has 0 unspecified atom stereocenters. The Kier molecular flexibility index (Phi) is 8.02. The van der Waals surface area contributed by atoms with Crippen LogP contribution in [0.15, 0.2) is 53.5 Å². The number of aryl methyl sites for hydroxylation is 1. The van der Waals surface area contributed by atoms with Crippen LogP contribution in [0.3, 0.4) is 0 Å². The summed E-state index contributed by atoms with van der Waals surface area (Å²) in [4.78, 5) is 4.24. The molecular weight excluding hydrogens is 372 g/mol. The largest absolute Gasteiger partial charge is 0.352 e. The fraction of sp³-hybridized carbons (Fsp3) is 0.381. The Morgan fingerprint density at radius 3 is 2.18 bits per heavy atom. The maximum atomic E-state index is 12.3. The summed E-state index contributed by atoms with van der Waals surface area (Å²) in [5.74, 6) is 0.622. The van der Waals surface area contributed by atoms with Crippen molar-refractivity contribution in [2.24, 2.45) is 4.99 Å². The van der Waals surface area contributed by atoms with Gasteiger partial charge in [-0.1, -0.05) is 54.1 Å². The normalized spacial score (nSPS) is 12.2. The third kappa shape index (κ3) is 7.32. The zero-order chi connectivity index (χ0) is 20.6. The molecule has 0 atom stereocenters. The monoisotopic (exact) mass is 402 g/mol. The fourth-order valence-corrected chi connectivity index (χ4v) is 4.26. The molecule has 2 rings (SSSR count). The first-order chi connectivity index (χ1) is 13.3. The highest BCUT2D eigenvalue weighted by atomic mass is 32.2. The lowest BCUT2D eigenvalue weighted by Crippen LogP contribution is -2.36. The third-order valence-electron chi connectivity index (χ3n) is 4.13. The minimum absolute atomic E-state index is 0.0432. The molecule has 2 aromatic carbocycles. The van der Waals surface area contributed by atoms with Crippen molar-refractivity contribution in [3.63, 3.8) is 0 Å². The number of benzene rings is 2. The first-order valence-electron chi connectivity index (χ1n) is 9.36. The van der Waals surface area contributed by atoms with Gasteiger partial charge in [-0.25, -0.2) is 13.1 Å². The molecule has 0 amide bonds. The van der Waals surface area contributed by atoms with E-state index in [-0.39, 0.29) is 11.8 Å². The number of guanidine groups is 1. The molecule has 6 nitrogen and oxygen atoms in total. The summed E-state index contributed by atoms with van der Waals surface area (Å²) in [6, 6.07) is 15.7. The number of sulfonamides is 1. The van der Waals surface area contributed by atoms with Gasteiger partial charge in [0.25, 0.3) is 0 Å². The van der Waals surface area contributed by atoms with Crippen molar-refractivity contribution in [2.75, 3.05) is 7.05 Å². The Morgan fingerprint density at radius 2 is 1.57 bits per heavy atom. The molecule has 152 valence electrons. The standard InChI is InChI=1S/C21H30N4O2S/c1-16(2)25-28(26,27)15-20-8-6-5-7-19(20)14-24-21(22-4)23-13-18-11-9-17(3)10-12-18/h5-12,16,25H,13-15H2,1-4H3,(H2,22,23,24). The second-order valence-corrected chi connectivity index (χ2v) is 8.82. The molecule has 0 aromatic heterocycles. The Morgan fingerprint density at radius 1 is 0.964 bits per heavy atom. The molecule has 0 fully saturated rings. The van der Waals surface area contributed by atoms with Crippen molar-refractivity contribution < 1.29 is 8.42 Å². The van der Waals surface area contributed by atoms with Gasteiger partial charge in [0.05, 0.1) is 5.75 Å². The van der Waals surface area contributed by atoms with Crippen molar-refractivity contribution in [1.29, 1.82) is 0 Å². The number of aliphatic imine (C=N–C) groups is 1. The summed E-state index contributed by atoms with van der Waals surface area (Å²) in [6.07, 6.45) is 0. The van der Waals surface area contributed by atoms with Crippen LogP contribution in [0.5, 0.6) is 0 Å². The highest BCUT2D eigenvalue weighted by Crippen LogP contribution is 2.12. The van der Waals surface area contributed by atoms with Crippen LogP contribution < -0.4 is 15.4 Å². The van der Waals surface area contributed by atoms with Crippen LogP contribution in [0, 0.1) is 6.92 Å². The molecule has 0 saturated heterocycles. The van der Waals surface area contributed by atoms with E-state index in [2.05, 4.69) is 51.5 Å². The van der Waals surface area contributed by atoms with E-state index in [4.69, 9.17) is 0 Å². The van der Waals surface area contributed by atoms with E-state index in [1.54, 1.807) is 7.05 Å². The minimum Gasteiger partial charge on any atom is -0.352 e. The van der Waals surface area contributed by atoms with Crippen molar-refractivity contribution in [3.05, 3.63) is 70.8 Å². The minimum atomic E-state index is -3.37. The van der Waals surface area contributed by atoms with Crippen molar-refractivity contribution in [3.8, 4) is 0 Å². The Balaban J connectivity index is 1.98. The van der Waals surface area contributed by atoms with Gasteiger partial charge in [-0.15, -0.1) is 0 Å². The maximum absolute atomic E-state index is 12.3. The predicted octanol–water partition coefficient (Wildman–Crippen LogP) is 2.69. The Hall–Kier alpha value is -2.38. The molecule has 0 aliphatic rings. The summed E-state index contributed by atoms with van der Waals surface area (Å²) >= 11 is 0. The van der Waals surface area contributed by atoms with Gasteiger partial charge >= 0.3 is 0 Å². The molecule has 0 bridgehead atoms. The van der Waals surface area contributed by atoms with E-state index in [0.717, 1.165) is 11.1 Å². The number of hydrogen-bond acceptors (Lipinski definition) is 3. The van der Waals surface area contributed by atoms with Crippen molar-refractivity contribution in [2.45, 2.75) is 45.7 Å². The molecule has 0 heterocycles. The first-order valence-corrected chi connectivity index (χ1v) is 11.0. The average Bonchev–Trinajstić information content (AvgIpc) is 2.63. The number of nitrogens with one attached hydrogen (secondary N) is 3. The van der Waals surface area contributed by atoms with E-state index in [9.17, 15) is 8.42 Å². The molecule has 0 aliphatic heterocycles. The fourth-order valence-electron chi connectivity index (χ4n) is 2.77. The highest BCUT2D eigenvalue weighted by Gasteiger charge is 2.15. The molecule has 0 radical (unpaired) electrons. The second kappa shape index (κ2) is 10.2. The van der Waals surface area contributed by atoms with Gasteiger partial charge in [0.1, 0.15) is 0 Å². The summed E-state index contributed by atoms with van der Waals surface area (Å²) < 4.78 is 27.2. The topological polar surface area (TPSA) is 82.6 Å². The van der Waals surface area contributed by atoms with E-state index in [0.29, 0.717) is 19.0 Å². The third-order valence-corrected chi connectivity index (χ3v) is 5.65. The lowest BCUT2D eigenvalue weighted by atomic mass is 10.1. The lowest BCUT2D eigenvalue weighted by molar-refractivity contribution is 0.568. The van der Waals surface area contributed by atoms with Crippen LogP contribution in [0.25, 0.3) is 0 Å².